The van der Waals surface area contributed by atoms with Gasteiger partial charge in [-0.05, 0) is 33.8 Å². The lowest BCUT2D eigenvalue weighted by atomic mass is 10.1. The van der Waals surface area contributed by atoms with E-state index in [0.717, 1.165) is 5.69 Å². The Morgan fingerprint density at radius 2 is 1.79 bits per heavy atom. The molecule has 104 valence electrons. The summed E-state index contributed by atoms with van der Waals surface area (Å²) in [5, 5.41) is 3.53. The Morgan fingerprint density at radius 3 is 2.32 bits per heavy atom. The standard InChI is InChI=1S/C12H15F3N4/c1-6-5-7-8(16-6)17-10(12(13,14)15)18-9(7)19-11(2,3)4/h5H,1-4H3,(H2,16,17,18,19). The quantitative estimate of drug-likeness (QED) is 0.835. The summed E-state index contributed by atoms with van der Waals surface area (Å²) in [5.41, 5.74) is 0.530. The number of aromatic nitrogens is 3. The Labute approximate surface area is 108 Å². The van der Waals surface area contributed by atoms with Gasteiger partial charge in [0.25, 0.3) is 0 Å². The first-order valence-corrected chi connectivity index (χ1v) is 5.79. The number of aromatic amines is 1. The molecule has 2 aromatic heterocycles. The molecule has 0 saturated carbocycles. The third-order valence-electron chi connectivity index (χ3n) is 2.37. The predicted molar refractivity (Wildman–Crippen MR) is 67.0 cm³/mol. The van der Waals surface area contributed by atoms with Crippen molar-refractivity contribution >= 4 is 16.9 Å². The second-order valence-corrected chi connectivity index (χ2v) is 5.48. The van der Waals surface area contributed by atoms with Crippen molar-refractivity contribution in [2.45, 2.75) is 39.4 Å². The molecular formula is C12H15F3N4. The van der Waals surface area contributed by atoms with Crippen molar-refractivity contribution in [1.29, 1.82) is 0 Å². The van der Waals surface area contributed by atoms with Crippen LogP contribution < -0.4 is 5.32 Å². The fourth-order valence-corrected chi connectivity index (χ4v) is 1.72. The zero-order valence-corrected chi connectivity index (χ0v) is 11.1. The fraction of sp³-hybridized carbons (Fsp3) is 0.500. The average molecular weight is 272 g/mol. The number of rotatable bonds is 1. The Hall–Kier alpha value is -1.79. The first-order chi connectivity index (χ1) is 8.56. The van der Waals surface area contributed by atoms with Gasteiger partial charge < -0.3 is 10.3 Å². The monoisotopic (exact) mass is 272 g/mol. The van der Waals surface area contributed by atoms with Crippen molar-refractivity contribution in [3.8, 4) is 0 Å². The van der Waals surface area contributed by atoms with Crippen LogP contribution in [0.5, 0.6) is 0 Å². The highest BCUT2D eigenvalue weighted by Gasteiger charge is 2.36. The number of halogens is 3. The molecule has 0 bridgehead atoms. The largest absolute Gasteiger partial charge is 0.451 e. The van der Waals surface area contributed by atoms with Gasteiger partial charge in [-0.2, -0.15) is 13.2 Å². The number of hydrogen-bond donors (Lipinski definition) is 2. The first-order valence-electron chi connectivity index (χ1n) is 5.79. The fourth-order valence-electron chi connectivity index (χ4n) is 1.72. The van der Waals surface area contributed by atoms with Crippen molar-refractivity contribution < 1.29 is 13.2 Å². The molecule has 2 rings (SSSR count). The number of aryl methyl sites for hydroxylation is 1. The molecule has 0 atom stereocenters. The summed E-state index contributed by atoms with van der Waals surface area (Å²) in [4.78, 5) is 9.94. The van der Waals surface area contributed by atoms with Crippen molar-refractivity contribution in [2.75, 3.05) is 5.32 Å². The van der Waals surface area contributed by atoms with Gasteiger partial charge >= 0.3 is 6.18 Å². The Kier molecular flexibility index (Phi) is 2.95. The molecule has 0 radical (unpaired) electrons. The summed E-state index contributed by atoms with van der Waals surface area (Å²) in [7, 11) is 0. The highest BCUT2D eigenvalue weighted by atomic mass is 19.4. The van der Waals surface area contributed by atoms with Crippen molar-refractivity contribution in [2.24, 2.45) is 0 Å². The summed E-state index contributed by atoms with van der Waals surface area (Å²) >= 11 is 0. The van der Waals surface area contributed by atoms with Crippen LogP contribution in [0.4, 0.5) is 19.0 Å². The van der Waals surface area contributed by atoms with Gasteiger partial charge in [0.1, 0.15) is 11.5 Å². The van der Waals surface area contributed by atoms with Crippen molar-refractivity contribution in [1.82, 2.24) is 15.0 Å². The van der Waals surface area contributed by atoms with E-state index in [9.17, 15) is 13.2 Å². The van der Waals surface area contributed by atoms with E-state index in [1.807, 2.05) is 20.8 Å². The summed E-state index contributed by atoms with van der Waals surface area (Å²) in [6.45, 7) is 7.32. The molecule has 2 heterocycles. The minimum absolute atomic E-state index is 0.187. The van der Waals surface area contributed by atoms with Gasteiger partial charge in [0.05, 0.1) is 5.39 Å². The molecule has 0 aromatic carbocycles. The molecule has 0 aliphatic heterocycles. The summed E-state index contributed by atoms with van der Waals surface area (Å²) < 4.78 is 38.3. The van der Waals surface area contributed by atoms with Crippen molar-refractivity contribution in [3.05, 3.63) is 17.6 Å². The summed E-state index contributed by atoms with van der Waals surface area (Å²) in [6.07, 6.45) is -4.57. The van der Waals surface area contributed by atoms with E-state index < -0.39 is 17.5 Å². The number of hydrogen-bond acceptors (Lipinski definition) is 3. The van der Waals surface area contributed by atoms with Gasteiger partial charge in [-0.25, -0.2) is 9.97 Å². The molecule has 0 saturated heterocycles. The first kappa shape index (κ1) is 13.6. The third kappa shape index (κ3) is 2.97. The van der Waals surface area contributed by atoms with Gasteiger partial charge in [-0.3, -0.25) is 0 Å². The van der Waals surface area contributed by atoms with E-state index in [1.165, 1.54) is 0 Å². The molecule has 0 amide bonds. The van der Waals surface area contributed by atoms with Gasteiger partial charge in [0.15, 0.2) is 0 Å². The lowest BCUT2D eigenvalue weighted by Gasteiger charge is -2.22. The molecule has 0 aliphatic rings. The SMILES string of the molecule is Cc1cc2c(NC(C)(C)C)nc(C(F)(F)F)nc2[nH]1. The zero-order valence-electron chi connectivity index (χ0n) is 11.1. The van der Waals surface area contributed by atoms with Gasteiger partial charge in [-0.1, -0.05) is 0 Å². The third-order valence-corrected chi connectivity index (χ3v) is 2.37. The van der Waals surface area contributed by atoms with E-state index in [2.05, 4.69) is 20.3 Å². The van der Waals surface area contributed by atoms with Crippen LogP contribution >= 0.6 is 0 Å². The van der Waals surface area contributed by atoms with E-state index >= 15 is 0 Å². The van der Waals surface area contributed by atoms with Crippen molar-refractivity contribution in [3.63, 3.8) is 0 Å². The van der Waals surface area contributed by atoms with Crippen LogP contribution in [0.3, 0.4) is 0 Å². The van der Waals surface area contributed by atoms with Crippen LogP contribution in [0, 0.1) is 6.92 Å². The van der Waals surface area contributed by atoms with E-state index in [-0.39, 0.29) is 11.5 Å². The lowest BCUT2D eigenvalue weighted by Crippen LogP contribution is -2.27. The Balaban J connectivity index is 2.64. The van der Waals surface area contributed by atoms with Gasteiger partial charge in [0.2, 0.25) is 5.82 Å². The number of nitrogens with zero attached hydrogens (tertiary/aromatic N) is 2. The topological polar surface area (TPSA) is 53.6 Å². The second-order valence-electron chi connectivity index (χ2n) is 5.48. The lowest BCUT2D eigenvalue weighted by molar-refractivity contribution is -0.144. The van der Waals surface area contributed by atoms with Crippen LogP contribution in [0.1, 0.15) is 32.3 Å². The van der Waals surface area contributed by atoms with Crippen LogP contribution in [-0.2, 0) is 6.18 Å². The molecule has 0 fully saturated rings. The average Bonchev–Trinajstić information content (AvgIpc) is 2.54. The second kappa shape index (κ2) is 4.11. The molecule has 2 aromatic rings. The molecular weight excluding hydrogens is 257 g/mol. The number of nitrogens with one attached hydrogen (secondary N) is 2. The number of anilines is 1. The molecule has 19 heavy (non-hydrogen) atoms. The highest BCUT2D eigenvalue weighted by Crippen LogP contribution is 2.31. The van der Waals surface area contributed by atoms with E-state index in [4.69, 9.17) is 0 Å². The number of alkyl halides is 3. The maximum Gasteiger partial charge on any atom is 0.451 e. The molecule has 2 N–H and O–H groups in total. The molecule has 7 heteroatoms. The zero-order chi connectivity index (χ0) is 14.4. The summed E-state index contributed by atoms with van der Waals surface area (Å²) in [5.74, 6) is -0.956. The molecule has 0 aliphatic carbocycles. The normalized spacial score (nSPS) is 13.0. The molecule has 4 nitrogen and oxygen atoms in total. The van der Waals surface area contributed by atoms with E-state index in [0.29, 0.717) is 5.39 Å². The highest BCUT2D eigenvalue weighted by molar-refractivity contribution is 5.88. The molecule has 0 unspecified atom stereocenters. The number of H-pyrrole nitrogens is 1. The molecule has 0 spiro atoms. The maximum atomic E-state index is 12.8. The van der Waals surface area contributed by atoms with Crippen LogP contribution in [0.15, 0.2) is 6.07 Å². The smallest absolute Gasteiger partial charge is 0.365 e. The van der Waals surface area contributed by atoms with Gasteiger partial charge in [0, 0.05) is 11.2 Å². The Bertz CT molecular complexity index is 608. The summed E-state index contributed by atoms with van der Waals surface area (Å²) in [6, 6.07) is 1.73. The van der Waals surface area contributed by atoms with Crippen LogP contribution in [0.25, 0.3) is 11.0 Å². The maximum absolute atomic E-state index is 12.8. The predicted octanol–water partition coefficient (Wildman–Crippen LogP) is 3.50. The minimum Gasteiger partial charge on any atom is -0.365 e. The van der Waals surface area contributed by atoms with Crippen LogP contribution in [-0.4, -0.2) is 20.5 Å². The van der Waals surface area contributed by atoms with Gasteiger partial charge in [-0.15, -0.1) is 0 Å². The Morgan fingerprint density at radius 1 is 1.16 bits per heavy atom. The minimum atomic E-state index is -4.57. The van der Waals surface area contributed by atoms with E-state index in [1.54, 1.807) is 13.0 Å². The van der Waals surface area contributed by atoms with Crippen LogP contribution in [0.2, 0.25) is 0 Å². The number of fused-ring (bicyclic) bond motifs is 1.